The third-order valence-corrected chi connectivity index (χ3v) is 4.24. The van der Waals surface area contributed by atoms with E-state index in [9.17, 15) is 4.79 Å². The van der Waals surface area contributed by atoms with Crippen LogP contribution in [0.5, 0.6) is 5.75 Å². The summed E-state index contributed by atoms with van der Waals surface area (Å²) in [4.78, 5) is 14.5. The quantitative estimate of drug-likeness (QED) is 0.638. The number of anilines is 1. The second kappa shape index (κ2) is 5.75. The first-order valence-corrected chi connectivity index (χ1v) is 7.37. The lowest BCUT2D eigenvalue weighted by atomic mass is 10.2. The van der Waals surface area contributed by atoms with E-state index in [1.807, 2.05) is 0 Å². The predicted molar refractivity (Wildman–Crippen MR) is 87.4 cm³/mol. The molecule has 0 atom stereocenters. The maximum atomic E-state index is 12.5. The van der Waals surface area contributed by atoms with Crippen LogP contribution in [0.2, 0.25) is 0 Å². The van der Waals surface area contributed by atoms with Crippen molar-refractivity contribution in [2.45, 2.75) is 0 Å². The SMILES string of the molecule is COc1ccc(N2C(=O)/C(=C\c3ccco3)SC2=S)cc1. The third-order valence-electron chi connectivity index (χ3n) is 2.94. The molecule has 21 heavy (non-hydrogen) atoms. The second-order valence-corrected chi connectivity index (χ2v) is 5.91. The highest BCUT2D eigenvalue weighted by molar-refractivity contribution is 8.27. The van der Waals surface area contributed by atoms with Crippen LogP contribution in [0.3, 0.4) is 0 Å². The van der Waals surface area contributed by atoms with E-state index < -0.39 is 0 Å². The van der Waals surface area contributed by atoms with Crippen molar-refractivity contribution in [3.05, 3.63) is 53.3 Å². The number of methoxy groups -OCH3 is 1. The van der Waals surface area contributed by atoms with Gasteiger partial charge in [-0.25, -0.2) is 0 Å². The number of rotatable bonds is 3. The molecule has 1 aromatic carbocycles. The molecule has 0 saturated carbocycles. The fourth-order valence-corrected chi connectivity index (χ4v) is 3.20. The fourth-order valence-electron chi connectivity index (χ4n) is 1.92. The molecule has 1 saturated heterocycles. The van der Waals surface area contributed by atoms with Gasteiger partial charge in [0.15, 0.2) is 4.32 Å². The molecule has 4 nitrogen and oxygen atoms in total. The summed E-state index contributed by atoms with van der Waals surface area (Å²) >= 11 is 6.56. The van der Waals surface area contributed by atoms with Gasteiger partial charge in [0.05, 0.1) is 24.0 Å². The zero-order valence-corrected chi connectivity index (χ0v) is 12.7. The highest BCUT2D eigenvalue weighted by atomic mass is 32.2. The maximum Gasteiger partial charge on any atom is 0.270 e. The van der Waals surface area contributed by atoms with E-state index in [1.54, 1.807) is 55.8 Å². The van der Waals surface area contributed by atoms with Crippen LogP contribution in [0.4, 0.5) is 5.69 Å². The Morgan fingerprint density at radius 1 is 1.29 bits per heavy atom. The van der Waals surface area contributed by atoms with Gasteiger partial charge in [0.1, 0.15) is 11.5 Å². The number of benzene rings is 1. The molecule has 0 aliphatic carbocycles. The predicted octanol–water partition coefficient (Wildman–Crippen LogP) is 3.69. The first kappa shape index (κ1) is 13.9. The molecule has 1 aromatic heterocycles. The molecule has 0 N–H and O–H groups in total. The van der Waals surface area contributed by atoms with Crippen molar-refractivity contribution in [1.82, 2.24) is 0 Å². The van der Waals surface area contributed by atoms with Gasteiger partial charge in [-0.05, 0) is 36.4 Å². The number of ether oxygens (including phenoxy) is 1. The smallest absolute Gasteiger partial charge is 0.270 e. The van der Waals surface area contributed by atoms with E-state index in [-0.39, 0.29) is 5.91 Å². The van der Waals surface area contributed by atoms with Gasteiger partial charge in [-0.3, -0.25) is 9.69 Å². The van der Waals surface area contributed by atoms with Gasteiger partial charge in [-0.15, -0.1) is 0 Å². The standard InChI is InChI=1S/C15H11NO3S2/c1-18-11-6-4-10(5-7-11)16-14(17)13(21-15(16)20)9-12-3-2-8-19-12/h2-9H,1H3/b13-9+. The van der Waals surface area contributed by atoms with E-state index in [2.05, 4.69) is 0 Å². The Kier molecular flexibility index (Phi) is 3.81. The number of hydrogen-bond acceptors (Lipinski definition) is 5. The number of hydrogen-bond donors (Lipinski definition) is 0. The molecule has 0 radical (unpaired) electrons. The molecule has 1 fully saturated rings. The van der Waals surface area contributed by atoms with Crippen molar-refractivity contribution in [2.24, 2.45) is 0 Å². The van der Waals surface area contributed by atoms with Crippen LogP contribution in [0, 0.1) is 0 Å². The largest absolute Gasteiger partial charge is 0.497 e. The van der Waals surface area contributed by atoms with E-state index in [0.29, 0.717) is 15.0 Å². The van der Waals surface area contributed by atoms with Gasteiger partial charge < -0.3 is 9.15 Å². The maximum absolute atomic E-state index is 12.5. The molecule has 106 valence electrons. The third kappa shape index (κ3) is 2.72. The van der Waals surface area contributed by atoms with Crippen LogP contribution in [0.1, 0.15) is 5.76 Å². The van der Waals surface area contributed by atoms with Crippen molar-refractivity contribution < 1.29 is 13.9 Å². The molecule has 1 amide bonds. The first-order valence-electron chi connectivity index (χ1n) is 6.14. The van der Waals surface area contributed by atoms with Gasteiger partial charge in [0.25, 0.3) is 5.91 Å². The topological polar surface area (TPSA) is 42.7 Å². The van der Waals surface area contributed by atoms with Crippen molar-refractivity contribution in [3.8, 4) is 5.75 Å². The number of furan rings is 1. The fraction of sp³-hybridized carbons (Fsp3) is 0.0667. The monoisotopic (exact) mass is 317 g/mol. The lowest BCUT2D eigenvalue weighted by Crippen LogP contribution is -2.27. The van der Waals surface area contributed by atoms with Crippen LogP contribution in [-0.4, -0.2) is 17.3 Å². The number of thioether (sulfide) groups is 1. The molecule has 6 heteroatoms. The summed E-state index contributed by atoms with van der Waals surface area (Å²) in [5.41, 5.74) is 0.723. The van der Waals surface area contributed by atoms with Gasteiger partial charge >= 0.3 is 0 Å². The lowest BCUT2D eigenvalue weighted by molar-refractivity contribution is -0.113. The van der Waals surface area contributed by atoms with Crippen LogP contribution in [-0.2, 0) is 4.79 Å². The van der Waals surface area contributed by atoms with Crippen LogP contribution in [0.25, 0.3) is 6.08 Å². The number of carbonyl (C=O) groups excluding carboxylic acids is 1. The number of thiocarbonyl (C=S) groups is 1. The zero-order chi connectivity index (χ0) is 14.8. The van der Waals surface area contributed by atoms with E-state index in [4.69, 9.17) is 21.4 Å². The summed E-state index contributed by atoms with van der Waals surface area (Å²) in [5, 5.41) is 0. The minimum atomic E-state index is -0.147. The summed E-state index contributed by atoms with van der Waals surface area (Å²) in [6.07, 6.45) is 3.26. The van der Waals surface area contributed by atoms with Gasteiger partial charge in [-0.1, -0.05) is 24.0 Å². The Balaban J connectivity index is 1.90. The second-order valence-electron chi connectivity index (χ2n) is 4.23. The van der Waals surface area contributed by atoms with Crippen molar-refractivity contribution in [2.75, 3.05) is 12.0 Å². The van der Waals surface area contributed by atoms with Crippen LogP contribution >= 0.6 is 24.0 Å². The van der Waals surface area contributed by atoms with E-state index in [0.717, 1.165) is 11.4 Å². The number of amides is 1. The first-order chi connectivity index (χ1) is 10.2. The molecule has 0 bridgehead atoms. The number of carbonyl (C=O) groups is 1. The van der Waals surface area contributed by atoms with E-state index >= 15 is 0 Å². The summed E-state index contributed by atoms with van der Waals surface area (Å²) in [6, 6.07) is 10.8. The Bertz CT molecular complexity index is 705. The van der Waals surface area contributed by atoms with Gasteiger partial charge in [-0.2, -0.15) is 0 Å². The van der Waals surface area contributed by atoms with Gasteiger partial charge in [0.2, 0.25) is 0 Å². The Labute approximate surface area is 131 Å². The summed E-state index contributed by atoms with van der Waals surface area (Å²) < 4.78 is 10.8. The molecule has 3 rings (SSSR count). The molecular formula is C15H11NO3S2. The Morgan fingerprint density at radius 3 is 2.67 bits per heavy atom. The van der Waals surface area contributed by atoms with Crippen LogP contribution < -0.4 is 9.64 Å². The van der Waals surface area contributed by atoms with E-state index in [1.165, 1.54) is 16.7 Å². The van der Waals surface area contributed by atoms with Crippen molar-refractivity contribution in [3.63, 3.8) is 0 Å². The minimum Gasteiger partial charge on any atom is -0.497 e. The summed E-state index contributed by atoms with van der Waals surface area (Å²) in [7, 11) is 1.60. The molecule has 1 aliphatic rings. The summed E-state index contributed by atoms with van der Waals surface area (Å²) in [6.45, 7) is 0. The molecule has 1 aliphatic heterocycles. The molecule has 2 aromatic rings. The summed E-state index contributed by atoms with van der Waals surface area (Å²) in [5.74, 6) is 1.21. The minimum absolute atomic E-state index is 0.147. The lowest BCUT2D eigenvalue weighted by Gasteiger charge is -2.14. The molecule has 0 unspecified atom stereocenters. The molecular weight excluding hydrogens is 306 g/mol. The van der Waals surface area contributed by atoms with Gasteiger partial charge in [0, 0.05) is 6.08 Å². The zero-order valence-electron chi connectivity index (χ0n) is 11.1. The highest BCUT2D eigenvalue weighted by Gasteiger charge is 2.33. The average Bonchev–Trinajstić information content (AvgIpc) is 3.09. The van der Waals surface area contributed by atoms with Crippen molar-refractivity contribution >= 4 is 46.0 Å². The average molecular weight is 317 g/mol. The van der Waals surface area contributed by atoms with Crippen molar-refractivity contribution in [1.29, 1.82) is 0 Å². The normalized spacial score (nSPS) is 16.8. The Morgan fingerprint density at radius 2 is 2.05 bits per heavy atom. The molecule has 0 spiro atoms. The number of nitrogens with zero attached hydrogens (tertiary/aromatic N) is 1. The Hall–Kier alpha value is -2.05. The molecule has 2 heterocycles. The highest BCUT2D eigenvalue weighted by Crippen LogP contribution is 2.36. The van der Waals surface area contributed by atoms with Crippen LogP contribution in [0.15, 0.2) is 52.0 Å².